The zero-order valence-corrected chi connectivity index (χ0v) is 23.2. The van der Waals surface area contributed by atoms with Crippen LogP contribution in [0.2, 0.25) is 0 Å². The minimum atomic E-state index is -0.467. The second-order valence-corrected chi connectivity index (χ2v) is 10.6. The molecule has 0 atom stereocenters. The maximum Gasteiger partial charge on any atom is 0.345 e. The highest BCUT2D eigenvalue weighted by atomic mass is 16.5. The fourth-order valence-corrected chi connectivity index (χ4v) is 5.49. The number of aryl methyl sites for hydroxylation is 1. The Bertz CT molecular complexity index is 1660. The Morgan fingerprint density at radius 1 is 0.950 bits per heavy atom. The quantitative estimate of drug-likeness (QED) is 0.214. The van der Waals surface area contributed by atoms with Gasteiger partial charge >= 0.3 is 5.97 Å². The van der Waals surface area contributed by atoms with Crippen LogP contribution in [0.3, 0.4) is 0 Å². The molecule has 2 aliphatic rings. The standard InChI is InChI=1S/C33H31N3O4/c1-20-10-11-21(18-34-20)32(37)40-22-12-13-24(30(16-22)39-5)23-14-15-26-31-25(23)19-36(28(31)17-33(2,3)35-26)27-8-6-7-9-29(27)38-4/h6-18,35H,19H2,1-5H3. The minimum Gasteiger partial charge on any atom is -0.496 e. The van der Waals surface area contributed by atoms with Crippen LogP contribution in [0.15, 0.2) is 79.0 Å². The van der Waals surface area contributed by atoms with Gasteiger partial charge in [0.1, 0.15) is 17.2 Å². The predicted molar refractivity (Wildman–Crippen MR) is 157 cm³/mol. The SMILES string of the molecule is COc1cc(OC(=O)c2ccc(C)nc2)ccc1-c1ccc2c3c1CN(c1ccccc1OC)C3=CC(C)(C)N2. The summed E-state index contributed by atoms with van der Waals surface area (Å²) in [6.45, 7) is 6.88. The Labute approximate surface area is 234 Å². The van der Waals surface area contributed by atoms with E-state index in [0.717, 1.165) is 39.6 Å². The average molecular weight is 534 g/mol. The number of anilines is 2. The molecule has 0 bridgehead atoms. The van der Waals surface area contributed by atoms with Crippen molar-refractivity contribution >= 4 is 23.0 Å². The van der Waals surface area contributed by atoms with Crippen molar-refractivity contribution in [2.45, 2.75) is 32.9 Å². The number of pyridine rings is 1. The van der Waals surface area contributed by atoms with Gasteiger partial charge in [0.25, 0.3) is 0 Å². The van der Waals surface area contributed by atoms with Gasteiger partial charge in [0, 0.05) is 47.0 Å². The van der Waals surface area contributed by atoms with Crippen molar-refractivity contribution in [2.24, 2.45) is 0 Å². The summed E-state index contributed by atoms with van der Waals surface area (Å²) in [6, 6.07) is 21.4. The summed E-state index contributed by atoms with van der Waals surface area (Å²) in [5.41, 5.74) is 8.60. The van der Waals surface area contributed by atoms with Crippen molar-refractivity contribution in [2.75, 3.05) is 24.4 Å². The topological polar surface area (TPSA) is 72.9 Å². The van der Waals surface area contributed by atoms with E-state index in [4.69, 9.17) is 14.2 Å². The summed E-state index contributed by atoms with van der Waals surface area (Å²) < 4.78 is 17.2. The van der Waals surface area contributed by atoms with Gasteiger partial charge in [-0.2, -0.15) is 0 Å². The van der Waals surface area contributed by atoms with E-state index in [2.05, 4.69) is 53.3 Å². The molecule has 0 amide bonds. The molecule has 3 heterocycles. The maximum absolute atomic E-state index is 12.7. The maximum atomic E-state index is 12.7. The largest absolute Gasteiger partial charge is 0.496 e. The van der Waals surface area contributed by atoms with Crippen LogP contribution in [0.5, 0.6) is 17.2 Å². The lowest BCUT2D eigenvalue weighted by atomic mass is 9.89. The van der Waals surface area contributed by atoms with Crippen molar-refractivity contribution in [1.29, 1.82) is 0 Å². The van der Waals surface area contributed by atoms with Crippen molar-refractivity contribution in [1.82, 2.24) is 4.98 Å². The van der Waals surface area contributed by atoms with E-state index in [1.165, 1.54) is 17.3 Å². The molecule has 40 heavy (non-hydrogen) atoms. The lowest BCUT2D eigenvalue weighted by Gasteiger charge is -2.33. The smallest absolute Gasteiger partial charge is 0.345 e. The molecule has 0 spiro atoms. The third-order valence-corrected chi connectivity index (χ3v) is 7.33. The molecule has 2 aliphatic heterocycles. The molecule has 202 valence electrons. The number of methoxy groups -OCH3 is 2. The first kappa shape index (κ1) is 25.5. The van der Waals surface area contributed by atoms with E-state index in [-0.39, 0.29) is 5.54 Å². The summed E-state index contributed by atoms with van der Waals surface area (Å²) in [5, 5.41) is 3.68. The lowest BCUT2D eigenvalue weighted by molar-refractivity contribution is 0.0734. The third kappa shape index (κ3) is 4.43. The monoisotopic (exact) mass is 533 g/mol. The van der Waals surface area contributed by atoms with E-state index >= 15 is 0 Å². The Kier molecular flexibility index (Phi) is 6.22. The molecule has 6 rings (SSSR count). The molecule has 1 N–H and O–H groups in total. The Hall–Kier alpha value is -4.78. The molecule has 4 aromatic rings. The van der Waals surface area contributed by atoms with E-state index in [0.29, 0.717) is 23.6 Å². The summed E-state index contributed by atoms with van der Waals surface area (Å²) in [7, 11) is 3.33. The Morgan fingerprint density at radius 3 is 2.48 bits per heavy atom. The molecule has 0 saturated carbocycles. The van der Waals surface area contributed by atoms with E-state index in [1.807, 2.05) is 31.2 Å². The number of hydrogen-bond acceptors (Lipinski definition) is 7. The van der Waals surface area contributed by atoms with Gasteiger partial charge in [-0.25, -0.2) is 4.79 Å². The van der Waals surface area contributed by atoms with Crippen LogP contribution in [0.1, 0.15) is 41.0 Å². The highest BCUT2D eigenvalue weighted by Gasteiger charge is 2.37. The predicted octanol–water partition coefficient (Wildman–Crippen LogP) is 6.86. The van der Waals surface area contributed by atoms with Crippen LogP contribution in [0.4, 0.5) is 11.4 Å². The molecule has 0 unspecified atom stereocenters. The first-order valence-electron chi connectivity index (χ1n) is 13.2. The molecule has 0 saturated heterocycles. The van der Waals surface area contributed by atoms with Gasteiger partial charge in [-0.1, -0.05) is 18.2 Å². The van der Waals surface area contributed by atoms with Gasteiger partial charge in [0.2, 0.25) is 0 Å². The van der Waals surface area contributed by atoms with Gasteiger partial charge < -0.3 is 24.4 Å². The number of nitrogens with zero attached hydrogens (tertiary/aromatic N) is 2. The van der Waals surface area contributed by atoms with E-state index < -0.39 is 5.97 Å². The number of carbonyl (C=O) groups is 1. The summed E-state index contributed by atoms with van der Waals surface area (Å²) in [4.78, 5) is 19.2. The molecular formula is C33H31N3O4. The highest BCUT2D eigenvalue weighted by Crippen LogP contribution is 2.51. The third-order valence-electron chi connectivity index (χ3n) is 7.33. The molecule has 7 heteroatoms. The summed E-state index contributed by atoms with van der Waals surface area (Å²) >= 11 is 0. The normalized spacial score (nSPS) is 14.6. The van der Waals surface area contributed by atoms with Crippen molar-refractivity contribution in [3.8, 4) is 28.4 Å². The second kappa shape index (κ2) is 9.75. The number of hydrogen-bond donors (Lipinski definition) is 1. The average Bonchev–Trinajstić information content (AvgIpc) is 3.32. The van der Waals surface area contributed by atoms with Crippen LogP contribution in [-0.4, -0.2) is 30.7 Å². The van der Waals surface area contributed by atoms with Crippen LogP contribution in [0.25, 0.3) is 16.8 Å². The molecule has 0 fully saturated rings. The van der Waals surface area contributed by atoms with Crippen molar-refractivity contribution < 1.29 is 19.0 Å². The fraction of sp³-hybridized carbons (Fsp3) is 0.212. The fourth-order valence-electron chi connectivity index (χ4n) is 5.49. The number of esters is 1. The Morgan fingerprint density at radius 2 is 1.73 bits per heavy atom. The first-order chi connectivity index (χ1) is 19.3. The van der Waals surface area contributed by atoms with E-state index in [9.17, 15) is 4.79 Å². The Balaban J connectivity index is 1.41. The number of carbonyl (C=O) groups excluding carboxylic acids is 1. The van der Waals surface area contributed by atoms with Gasteiger partial charge in [-0.05, 0) is 80.4 Å². The number of benzene rings is 3. The van der Waals surface area contributed by atoms with Crippen LogP contribution < -0.4 is 24.4 Å². The van der Waals surface area contributed by atoms with Gasteiger partial charge in [-0.15, -0.1) is 0 Å². The zero-order chi connectivity index (χ0) is 28.0. The number of ether oxygens (including phenoxy) is 3. The molecule has 1 aromatic heterocycles. The minimum absolute atomic E-state index is 0.220. The molecular weight excluding hydrogens is 502 g/mol. The second-order valence-electron chi connectivity index (χ2n) is 10.6. The molecule has 7 nitrogen and oxygen atoms in total. The van der Waals surface area contributed by atoms with Gasteiger partial charge in [0.15, 0.2) is 0 Å². The summed E-state index contributed by atoms with van der Waals surface area (Å²) in [5.74, 6) is 1.38. The van der Waals surface area contributed by atoms with Crippen molar-refractivity contribution in [3.05, 3.63) is 101 Å². The van der Waals surface area contributed by atoms with E-state index in [1.54, 1.807) is 38.5 Å². The summed E-state index contributed by atoms with van der Waals surface area (Å²) in [6.07, 6.45) is 3.80. The zero-order valence-electron chi connectivity index (χ0n) is 23.2. The number of aromatic nitrogens is 1. The molecule has 0 radical (unpaired) electrons. The number of rotatable bonds is 6. The lowest BCUT2D eigenvalue weighted by Crippen LogP contribution is -2.33. The van der Waals surface area contributed by atoms with Crippen molar-refractivity contribution in [3.63, 3.8) is 0 Å². The molecule has 0 aliphatic carbocycles. The van der Waals surface area contributed by atoms with Crippen LogP contribution in [0, 0.1) is 6.92 Å². The number of para-hydroxylation sites is 2. The highest BCUT2D eigenvalue weighted by molar-refractivity contribution is 5.98. The number of nitrogens with one attached hydrogen (secondary N) is 1. The van der Waals surface area contributed by atoms with Gasteiger partial charge in [0.05, 0.1) is 31.0 Å². The van der Waals surface area contributed by atoms with Crippen LogP contribution >= 0.6 is 0 Å². The molecule has 3 aromatic carbocycles. The first-order valence-corrected chi connectivity index (χ1v) is 13.2. The van der Waals surface area contributed by atoms with Crippen LogP contribution in [-0.2, 0) is 6.54 Å². The van der Waals surface area contributed by atoms with Gasteiger partial charge in [-0.3, -0.25) is 4.98 Å².